The Kier molecular flexibility index (Phi) is 3.25. The highest BCUT2D eigenvalue weighted by molar-refractivity contribution is 7.17. The number of aromatic nitrogens is 1. The molecule has 0 N–H and O–H groups in total. The summed E-state index contributed by atoms with van der Waals surface area (Å²) in [6.45, 7) is 10.3. The van der Waals surface area contributed by atoms with Crippen molar-refractivity contribution in [2.45, 2.75) is 40.5 Å². The number of Topliss-reactive ketones (excluding diaryl/α,β-unsaturated/α-hetero) is 1. The average Bonchev–Trinajstić information content (AvgIpc) is 2.60. The standard InChI is InChI=1S/C13H20N2OS/c1-9-11(10(2)16)17-12(14-9)15-7-5-13(3,4)6-8-15/h5-8H2,1-4H3. The van der Waals surface area contributed by atoms with Crippen LogP contribution in [0.5, 0.6) is 0 Å². The molecule has 3 nitrogen and oxygen atoms in total. The summed E-state index contributed by atoms with van der Waals surface area (Å²) >= 11 is 1.54. The molecular weight excluding hydrogens is 232 g/mol. The topological polar surface area (TPSA) is 33.2 Å². The summed E-state index contributed by atoms with van der Waals surface area (Å²) in [5.41, 5.74) is 1.33. The normalized spacial score (nSPS) is 19.4. The molecule has 1 aromatic heterocycles. The number of thiazole rings is 1. The molecule has 0 unspecified atom stereocenters. The highest BCUT2D eigenvalue weighted by atomic mass is 32.1. The van der Waals surface area contributed by atoms with E-state index in [0.29, 0.717) is 5.41 Å². The van der Waals surface area contributed by atoms with Crippen LogP contribution in [-0.4, -0.2) is 23.9 Å². The summed E-state index contributed by atoms with van der Waals surface area (Å²) in [6.07, 6.45) is 2.39. The minimum Gasteiger partial charge on any atom is -0.348 e. The second-order valence-corrected chi connectivity index (χ2v) is 6.60. The van der Waals surface area contributed by atoms with Crippen molar-refractivity contribution in [3.8, 4) is 0 Å². The molecule has 1 fully saturated rings. The number of ketones is 1. The fraction of sp³-hybridized carbons (Fsp3) is 0.692. The molecule has 0 radical (unpaired) electrons. The van der Waals surface area contributed by atoms with Crippen molar-refractivity contribution >= 4 is 22.3 Å². The van der Waals surface area contributed by atoms with E-state index < -0.39 is 0 Å². The van der Waals surface area contributed by atoms with Crippen molar-refractivity contribution in [2.75, 3.05) is 18.0 Å². The van der Waals surface area contributed by atoms with Crippen LogP contribution >= 0.6 is 11.3 Å². The molecule has 0 spiro atoms. The molecule has 0 bridgehead atoms. The van der Waals surface area contributed by atoms with Gasteiger partial charge in [-0.1, -0.05) is 25.2 Å². The first-order chi connectivity index (χ1) is 7.89. The highest BCUT2D eigenvalue weighted by Crippen LogP contribution is 2.34. The Balaban J connectivity index is 2.14. The minimum absolute atomic E-state index is 0.128. The summed E-state index contributed by atoms with van der Waals surface area (Å²) in [7, 11) is 0. The zero-order chi connectivity index (χ0) is 12.6. The molecule has 2 heterocycles. The predicted molar refractivity (Wildman–Crippen MR) is 72.1 cm³/mol. The van der Waals surface area contributed by atoms with Crippen molar-refractivity contribution in [2.24, 2.45) is 5.41 Å². The Bertz CT molecular complexity index is 427. The van der Waals surface area contributed by atoms with Crippen LogP contribution in [0.25, 0.3) is 0 Å². The number of hydrogen-bond donors (Lipinski definition) is 0. The van der Waals surface area contributed by atoms with Crippen LogP contribution in [0.15, 0.2) is 0 Å². The molecule has 17 heavy (non-hydrogen) atoms. The molecule has 0 aromatic carbocycles. The van der Waals surface area contributed by atoms with E-state index >= 15 is 0 Å². The molecule has 1 aliphatic rings. The van der Waals surface area contributed by atoms with Crippen LogP contribution in [0, 0.1) is 12.3 Å². The molecule has 1 aromatic rings. The molecule has 1 saturated heterocycles. The predicted octanol–water partition coefficient (Wildman–Crippen LogP) is 3.28. The van der Waals surface area contributed by atoms with E-state index in [0.717, 1.165) is 28.8 Å². The lowest BCUT2D eigenvalue weighted by Crippen LogP contribution is -2.37. The lowest BCUT2D eigenvalue weighted by molar-refractivity contribution is 0.102. The van der Waals surface area contributed by atoms with Gasteiger partial charge < -0.3 is 4.90 Å². The van der Waals surface area contributed by atoms with Gasteiger partial charge in [0.15, 0.2) is 10.9 Å². The summed E-state index contributed by atoms with van der Waals surface area (Å²) in [5.74, 6) is 0.128. The van der Waals surface area contributed by atoms with Gasteiger partial charge in [0, 0.05) is 20.0 Å². The van der Waals surface area contributed by atoms with E-state index in [1.807, 2.05) is 6.92 Å². The Morgan fingerprint density at radius 2 is 1.94 bits per heavy atom. The Morgan fingerprint density at radius 1 is 1.35 bits per heavy atom. The summed E-state index contributed by atoms with van der Waals surface area (Å²) in [4.78, 5) is 19.1. The second-order valence-electron chi connectivity index (χ2n) is 5.62. The number of piperidine rings is 1. The van der Waals surface area contributed by atoms with Crippen LogP contribution in [0.4, 0.5) is 5.13 Å². The summed E-state index contributed by atoms with van der Waals surface area (Å²) in [6, 6.07) is 0. The Hall–Kier alpha value is -0.900. The maximum Gasteiger partial charge on any atom is 0.186 e. The maximum absolute atomic E-state index is 11.4. The molecule has 4 heteroatoms. The van der Waals surface area contributed by atoms with Crippen molar-refractivity contribution < 1.29 is 4.79 Å². The molecule has 0 atom stereocenters. The highest BCUT2D eigenvalue weighted by Gasteiger charge is 2.27. The smallest absolute Gasteiger partial charge is 0.186 e. The number of aryl methyl sites for hydroxylation is 1. The van der Waals surface area contributed by atoms with Gasteiger partial charge in [-0.15, -0.1) is 0 Å². The maximum atomic E-state index is 11.4. The molecule has 94 valence electrons. The average molecular weight is 252 g/mol. The van der Waals surface area contributed by atoms with Crippen LogP contribution in [0.2, 0.25) is 0 Å². The summed E-state index contributed by atoms with van der Waals surface area (Å²) in [5, 5.41) is 1.02. The first-order valence-corrected chi connectivity index (χ1v) is 6.94. The summed E-state index contributed by atoms with van der Waals surface area (Å²) < 4.78 is 0. The number of carbonyl (C=O) groups is 1. The third kappa shape index (κ3) is 2.68. The largest absolute Gasteiger partial charge is 0.348 e. The third-order valence-electron chi connectivity index (χ3n) is 3.49. The van der Waals surface area contributed by atoms with E-state index in [-0.39, 0.29) is 5.78 Å². The van der Waals surface area contributed by atoms with E-state index in [9.17, 15) is 4.79 Å². The molecule has 0 saturated carbocycles. The van der Waals surface area contributed by atoms with Crippen LogP contribution in [0.3, 0.4) is 0 Å². The van der Waals surface area contributed by atoms with E-state index in [1.165, 1.54) is 24.2 Å². The first kappa shape index (κ1) is 12.6. The Morgan fingerprint density at radius 3 is 2.41 bits per heavy atom. The van der Waals surface area contributed by atoms with Crippen molar-refractivity contribution in [1.29, 1.82) is 0 Å². The van der Waals surface area contributed by atoms with E-state index in [4.69, 9.17) is 0 Å². The van der Waals surface area contributed by atoms with Crippen LogP contribution in [-0.2, 0) is 0 Å². The third-order valence-corrected chi connectivity index (χ3v) is 4.81. The minimum atomic E-state index is 0.128. The SMILES string of the molecule is CC(=O)c1sc(N2CCC(C)(C)CC2)nc1C. The fourth-order valence-electron chi connectivity index (χ4n) is 2.15. The number of carbonyl (C=O) groups excluding carboxylic acids is 1. The fourth-order valence-corrected chi connectivity index (χ4v) is 3.16. The molecule has 0 aliphatic carbocycles. The zero-order valence-corrected chi connectivity index (χ0v) is 11.9. The second kappa shape index (κ2) is 4.41. The number of anilines is 1. The van der Waals surface area contributed by atoms with Gasteiger partial charge in [-0.25, -0.2) is 4.98 Å². The van der Waals surface area contributed by atoms with Gasteiger partial charge in [0.05, 0.1) is 10.6 Å². The molecule has 1 aliphatic heterocycles. The molecule has 2 rings (SSSR count). The van der Waals surface area contributed by atoms with Crippen LogP contribution < -0.4 is 4.90 Å². The monoisotopic (exact) mass is 252 g/mol. The zero-order valence-electron chi connectivity index (χ0n) is 11.0. The number of nitrogens with zero attached hydrogens (tertiary/aromatic N) is 2. The van der Waals surface area contributed by atoms with Crippen LogP contribution in [0.1, 0.15) is 49.0 Å². The lowest BCUT2D eigenvalue weighted by Gasteiger charge is -2.36. The van der Waals surface area contributed by atoms with Gasteiger partial charge >= 0.3 is 0 Å². The quantitative estimate of drug-likeness (QED) is 0.757. The van der Waals surface area contributed by atoms with Crippen molar-refractivity contribution in [3.63, 3.8) is 0 Å². The lowest BCUT2D eigenvalue weighted by atomic mass is 9.83. The van der Waals surface area contributed by atoms with E-state index in [2.05, 4.69) is 23.7 Å². The van der Waals surface area contributed by atoms with Gasteiger partial charge in [0.1, 0.15) is 0 Å². The first-order valence-electron chi connectivity index (χ1n) is 6.12. The van der Waals surface area contributed by atoms with Crippen molar-refractivity contribution in [3.05, 3.63) is 10.6 Å². The molecule has 0 amide bonds. The van der Waals surface area contributed by atoms with E-state index in [1.54, 1.807) is 6.92 Å². The van der Waals surface area contributed by atoms with Gasteiger partial charge in [0.25, 0.3) is 0 Å². The Labute approximate surface area is 107 Å². The van der Waals surface area contributed by atoms with Gasteiger partial charge in [-0.05, 0) is 25.2 Å². The van der Waals surface area contributed by atoms with Crippen molar-refractivity contribution in [1.82, 2.24) is 4.98 Å². The molecular formula is C13H20N2OS. The number of rotatable bonds is 2. The number of hydrogen-bond acceptors (Lipinski definition) is 4. The van der Waals surface area contributed by atoms with Gasteiger partial charge in [-0.2, -0.15) is 0 Å². The van der Waals surface area contributed by atoms with Gasteiger partial charge in [0.2, 0.25) is 0 Å². The van der Waals surface area contributed by atoms with Gasteiger partial charge in [-0.3, -0.25) is 4.79 Å².